The van der Waals surface area contributed by atoms with E-state index >= 15 is 0 Å². The second-order valence-corrected chi connectivity index (χ2v) is 4.94. The van der Waals surface area contributed by atoms with E-state index in [1.165, 1.54) is 0 Å². The SMILES string of the molecule is CN1CCC(NC(=O)c2ccc(Br)o2)CC1. The highest BCUT2D eigenvalue weighted by molar-refractivity contribution is 9.10. The van der Waals surface area contributed by atoms with Crippen LogP contribution in [0.4, 0.5) is 0 Å². The molecule has 5 heteroatoms. The van der Waals surface area contributed by atoms with Gasteiger partial charge in [-0.05, 0) is 61.0 Å². The highest BCUT2D eigenvalue weighted by Gasteiger charge is 2.20. The van der Waals surface area contributed by atoms with Crippen molar-refractivity contribution in [1.29, 1.82) is 0 Å². The Balaban J connectivity index is 1.88. The van der Waals surface area contributed by atoms with Gasteiger partial charge in [0.15, 0.2) is 10.4 Å². The van der Waals surface area contributed by atoms with Crippen molar-refractivity contribution in [2.45, 2.75) is 18.9 Å². The van der Waals surface area contributed by atoms with Crippen LogP contribution < -0.4 is 5.32 Å². The standard InChI is InChI=1S/C11H15BrN2O2/c1-14-6-4-8(5-7-14)13-11(15)9-2-3-10(12)16-9/h2-3,8H,4-7H2,1H3,(H,13,15). The summed E-state index contributed by atoms with van der Waals surface area (Å²) in [6, 6.07) is 3.67. The zero-order valence-electron chi connectivity index (χ0n) is 9.20. The molecule has 0 unspecified atom stereocenters. The van der Waals surface area contributed by atoms with Gasteiger partial charge in [0, 0.05) is 6.04 Å². The molecular weight excluding hydrogens is 272 g/mol. The normalized spacial score (nSPS) is 18.6. The summed E-state index contributed by atoms with van der Waals surface area (Å²) >= 11 is 3.18. The lowest BCUT2D eigenvalue weighted by atomic mass is 10.1. The van der Waals surface area contributed by atoms with E-state index in [9.17, 15) is 4.79 Å². The fourth-order valence-electron chi connectivity index (χ4n) is 1.85. The highest BCUT2D eigenvalue weighted by atomic mass is 79.9. The first-order valence-electron chi connectivity index (χ1n) is 5.40. The molecule has 1 fully saturated rings. The van der Waals surface area contributed by atoms with Crippen LogP contribution in [0.15, 0.2) is 21.2 Å². The van der Waals surface area contributed by atoms with Gasteiger partial charge in [-0.25, -0.2) is 0 Å². The van der Waals surface area contributed by atoms with Gasteiger partial charge in [0.05, 0.1) is 0 Å². The van der Waals surface area contributed by atoms with Crippen molar-refractivity contribution in [1.82, 2.24) is 10.2 Å². The molecule has 1 aromatic rings. The summed E-state index contributed by atoms with van der Waals surface area (Å²) in [6.45, 7) is 2.07. The predicted octanol–water partition coefficient (Wildman–Crippen LogP) is 1.87. The largest absolute Gasteiger partial charge is 0.444 e. The number of amides is 1. The van der Waals surface area contributed by atoms with Crippen LogP contribution in [-0.4, -0.2) is 37.0 Å². The van der Waals surface area contributed by atoms with Gasteiger partial charge in [-0.2, -0.15) is 0 Å². The Morgan fingerprint density at radius 1 is 1.50 bits per heavy atom. The minimum absolute atomic E-state index is 0.125. The van der Waals surface area contributed by atoms with E-state index in [-0.39, 0.29) is 11.9 Å². The number of hydrogen-bond donors (Lipinski definition) is 1. The molecule has 0 spiro atoms. The second-order valence-electron chi connectivity index (χ2n) is 4.15. The summed E-state index contributed by atoms with van der Waals surface area (Å²) in [5.74, 6) is 0.242. The molecule has 0 radical (unpaired) electrons. The van der Waals surface area contributed by atoms with Gasteiger partial charge in [-0.1, -0.05) is 0 Å². The molecule has 2 rings (SSSR count). The fraction of sp³-hybridized carbons (Fsp3) is 0.545. The maximum absolute atomic E-state index is 11.8. The molecule has 0 atom stereocenters. The number of hydrogen-bond acceptors (Lipinski definition) is 3. The van der Waals surface area contributed by atoms with Crippen LogP contribution in [0.5, 0.6) is 0 Å². The topological polar surface area (TPSA) is 45.5 Å². The molecule has 16 heavy (non-hydrogen) atoms. The van der Waals surface area contributed by atoms with E-state index in [2.05, 4.69) is 33.2 Å². The van der Waals surface area contributed by atoms with E-state index in [0.717, 1.165) is 25.9 Å². The molecule has 0 bridgehead atoms. The van der Waals surface area contributed by atoms with Gasteiger partial charge in [0.1, 0.15) is 0 Å². The molecule has 88 valence electrons. The highest BCUT2D eigenvalue weighted by Crippen LogP contribution is 2.15. The monoisotopic (exact) mass is 286 g/mol. The van der Waals surface area contributed by atoms with Gasteiger partial charge in [0.2, 0.25) is 0 Å². The summed E-state index contributed by atoms with van der Waals surface area (Å²) < 4.78 is 5.79. The van der Waals surface area contributed by atoms with Crippen LogP contribution >= 0.6 is 15.9 Å². The average molecular weight is 287 g/mol. The number of likely N-dealkylation sites (tertiary alicyclic amines) is 1. The Hall–Kier alpha value is -0.810. The van der Waals surface area contributed by atoms with Gasteiger partial charge >= 0.3 is 0 Å². The zero-order valence-corrected chi connectivity index (χ0v) is 10.8. The van der Waals surface area contributed by atoms with E-state index in [4.69, 9.17) is 4.42 Å². The molecule has 1 amide bonds. The summed E-state index contributed by atoms with van der Waals surface area (Å²) in [7, 11) is 2.10. The lowest BCUT2D eigenvalue weighted by Gasteiger charge is -2.29. The smallest absolute Gasteiger partial charge is 0.287 e. The summed E-state index contributed by atoms with van der Waals surface area (Å²) in [5, 5.41) is 2.99. The third kappa shape index (κ3) is 2.86. The van der Waals surface area contributed by atoms with E-state index < -0.39 is 0 Å². The average Bonchev–Trinajstić information content (AvgIpc) is 2.68. The quantitative estimate of drug-likeness (QED) is 0.903. The molecule has 0 saturated carbocycles. The molecule has 1 aliphatic rings. The number of nitrogens with zero attached hydrogens (tertiary/aromatic N) is 1. The number of carbonyl (C=O) groups excluding carboxylic acids is 1. The summed E-state index contributed by atoms with van der Waals surface area (Å²) in [5.41, 5.74) is 0. The van der Waals surface area contributed by atoms with Crippen molar-refractivity contribution >= 4 is 21.8 Å². The first kappa shape index (κ1) is 11.7. The first-order valence-corrected chi connectivity index (χ1v) is 6.19. The Morgan fingerprint density at radius 2 is 2.19 bits per heavy atom. The van der Waals surface area contributed by atoms with Crippen LogP contribution in [0.25, 0.3) is 0 Å². The Bertz CT molecular complexity index is 370. The summed E-state index contributed by atoms with van der Waals surface area (Å²) in [4.78, 5) is 14.0. The lowest BCUT2D eigenvalue weighted by Crippen LogP contribution is -2.43. The van der Waals surface area contributed by atoms with E-state index in [1.807, 2.05) is 0 Å². The van der Waals surface area contributed by atoms with Crippen LogP contribution in [0.1, 0.15) is 23.4 Å². The molecule has 1 saturated heterocycles. The number of nitrogens with one attached hydrogen (secondary N) is 1. The van der Waals surface area contributed by atoms with E-state index in [1.54, 1.807) is 12.1 Å². The maximum atomic E-state index is 11.8. The van der Waals surface area contributed by atoms with Crippen molar-refractivity contribution in [3.05, 3.63) is 22.6 Å². The molecular formula is C11H15BrN2O2. The minimum Gasteiger partial charge on any atom is -0.444 e. The molecule has 1 aliphatic heterocycles. The van der Waals surface area contributed by atoms with Crippen molar-refractivity contribution in [3.8, 4) is 0 Å². The molecule has 1 N–H and O–H groups in total. The molecule has 0 aromatic carbocycles. The molecule has 2 heterocycles. The van der Waals surface area contributed by atoms with Crippen LogP contribution in [0.3, 0.4) is 0 Å². The third-order valence-corrected chi connectivity index (χ3v) is 3.28. The van der Waals surface area contributed by atoms with Gasteiger partial charge in [0.25, 0.3) is 5.91 Å². The maximum Gasteiger partial charge on any atom is 0.287 e. The minimum atomic E-state index is -0.125. The van der Waals surface area contributed by atoms with Gasteiger partial charge in [-0.3, -0.25) is 4.79 Å². The predicted molar refractivity (Wildman–Crippen MR) is 64.4 cm³/mol. The van der Waals surface area contributed by atoms with Crippen LogP contribution in [0, 0.1) is 0 Å². The van der Waals surface area contributed by atoms with Crippen molar-refractivity contribution in [3.63, 3.8) is 0 Å². The number of halogens is 1. The Kier molecular flexibility index (Phi) is 3.66. The van der Waals surface area contributed by atoms with Gasteiger partial charge < -0.3 is 14.6 Å². The lowest BCUT2D eigenvalue weighted by molar-refractivity contribution is 0.0887. The van der Waals surface area contributed by atoms with E-state index in [0.29, 0.717) is 10.4 Å². The number of rotatable bonds is 2. The summed E-state index contributed by atoms with van der Waals surface area (Å²) in [6.07, 6.45) is 2.01. The third-order valence-electron chi connectivity index (χ3n) is 2.85. The second kappa shape index (κ2) is 5.01. The Morgan fingerprint density at radius 3 is 2.75 bits per heavy atom. The zero-order chi connectivity index (χ0) is 11.5. The van der Waals surface area contributed by atoms with Crippen molar-refractivity contribution < 1.29 is 9.21 Å². The van der Waals surface area contributed by atoms with Crippen molar-refractivity contribution in [2.75, 3.05) is 20.1 Å². The fourth-order valence-corrected chi connectivity index (χ4v) is 2.15. The number of carbonyl (C=O) groups is 1. The van der Waals surface area contributed by atoms with Gasteiger partial charge in [-0.15, -0.1) is 0 Å². The number of piperidine rings is 1. The van der Waals surface area contributed by atoms with Crippen LogP contribution in [0.2, 0.25) is 0 Å². The number of furan rings is 1. The van der Waals surface area contributed by atoms with Crippen molar-refractivity contribution in [2.24, 2.45) is 0 Å². The molecule has 4 nitrogen and oxygen atoms in total. The first-order chi connectivity index (χ1) is 7.65. The molecule has 1 aromatic heterocycles. The molecule has 0 aliphatic carbocycles. The van der Waals surface area contributed by atoms with Crippen LogP contribution in [-0.2, 0) is 0 Å². The Labute approximate surface area is 103 Å².